The molecule has 0 fully saturated rings. The van der Waals surface area contributed by atoms with Crippen molar-refractivity contribution in [2.45, 2.75) is 12.8 Å². The first kappa shape index (κ1) is 9.42. The van der Waals surface area contributed by atoms with Crippen LogP contribution in [0.3, 0.4) is 0 Å². The smallest absolute Gasteiger partial charge is 0.191 e. The normalized spacial score (nSPS) is 18.9. The third-order valence-corrected chi connectivity index (χ3v) is 4.14. The van der Waals surface area contributed by atoms with Gasteiger partial charge >= 0.3 is 0 Å². The van der Waals surface area contributed by atoms with Crippen molar-refractivity contribution < 1.29 is 9.15 Å². The van der Waals surface area contributed by atoms with Gasteiger partial charge in [-0.1, -0.05) is 0 Å². The fourth-order valence-corrected chi connectivity index (χ4v) is 3.38. The van der Waals surface area contributed by atoms with E-state index < -0.39 is 0 Å². The van der Waals surface area contributed by atoms with Crippen LogP contribution >= 0.6 is 27.3 Å². The number of nitrogens with zero attached hydrogens (tertiary/aromatic N) is 1. The van der Waals surface area contributed by atoms with Gasteiger partial charge in [0.2, 0.25) is 0 Å². The van der Waals surface area contributed by atoms with Crippen LogP contribution in [0.25, 0.3) is 0 Å². The minimum atomic E-state index is 0.230. The Morgan fingerprint density at radius 3 is 3.20 bits per heavy atom. The molecule has 0 radical (unpaired) electrons. The van der Waals surface area contributed by atoms with Gasteiger partial charge in [0.15, 0.2) is 5.89 Å². The summed E-state index contributed by atoms with van der Waals surface area (Å²) in [4.78, 5) is 5.58. The summed E-state index contributed by atoms with van der Waals surface area (Å²) < 4.78 is 11.9. The average Bonchev–Trinajstić information content (AvgIpc) is 2.80. The maximum absolute atomic E-state index is 5.59. The van der Waals surface area contributed by atoms with E-state index in [0.717, 1.165) is 15.2 Å². The third kappa shape index (κ3) is 1.50. The van der Waals surface area contributed by atoms with Crippen LogP contribution in [0.4, 0.5) is 0 Å². The first-order chi connectivity index (χ1) is 7.24. The number of oxazole rings is 1. The summed E-state index contributed by atoms with van der Waals surface area (Å²) in [5.74, 6) is 1.90. The van der Waals surface area contributed by atoms with E-state index in [0.29, 0.717) is 12.5 Å². The Balaban J connectivity index is 2.02. The molecule has 0 saturated heterocycles. The Labute approximate surface area is 99.2 Å². The molecular formula is C10H8BrNO2S. The molecule has 78 valence electrons. The predicted octanol–water partition coefficient (Wildman–Crippen LogP) is 3.33. The molecule has 0 aliphatic carbocycles. The fourth-order valence-electron chi connectivity index (χ4n) is 1.72. The molecule has 1 atom stereocenters. The number of rotatable bonds is 1. The molecule has 1 aliphatic rings. The second-order valence-corrected chi connectivity index (χ2v) is 5.90. The van der Waals surface area contributed by atoms with E-state index in [1.807, 2.05) is 13.0 Å². The molecule has 0 bridgehead atoms. The van der Waals surface area contributed by atoms with Gasteiger partial charge in [-0.15, -0.1) is 11.3 Å². The molecule has 2 aromatic rings. The van der Waals surface area contributed by atoms with Gasteiger partial charge in [0.05, 0.1) is 20.3 Å². The Morgan fingerprint density at radius 1 is 1.60 bits per heavy atom. The second kappa shape index (κ2) is 3.35. The van der Waals surface area contributed by atoms with Gasteiger partial charge in [-0.3, -0.25) is 0 Å². The fraction of sp³-hybridized carbons (Fsp3) is 0.300. The maximum Gasteiger partial charge on any atom is 0.191 e. The van der Waals surface area contributed by atoms with E-state index in [9.17, 15) is 0 Å². The van der Waals surface area contributed by atoms with Crippen molar-refractivity contribution in [1.82, 2.24) is 4.98 Å². The molecule has 3 nitrogen and oxygen atoms in total. The van der Waals surface area contributed by atoms with Gasteiger partial charge < -0.3 is 9.15 Å². The molecule has 0 saturated carbocycles. The van der Waals surface area contributed by atoms with Crippen LogP contribution in [-0.4, -0.2) is 11.6 Å². The van der Waals surface area contributed by atoms with Gasteiger partial charge in [0.1, 0.15) is 18.6 Å². The lowest BCUT2D eigenvalue weighted by molar-refractivity contribution is 0.341. The van der Waals surface area contributed by atoms with Crippen molar-refractivity contribution in [2.75, 3.05) is 6.61 Å². The first-order valence-electron chi connectivity index (χ1n) is 4.58. The molecular weight excluding hydrogens is 278 g/mol. The molecule has 3 heterocycles. The van der Waals surface area contributed by atoms with Crippen molar-refractivity contribution in [2.24, 2.45) is 0 Å². The van der Waals surface area contributed by atoms with E-state index >= 15 is 0 Å². The molecule has 5 heteroatoms. The highest BCUT2D eigenvalue weighted by Gasteiger charge is 2.30. The number of aryl methyl sites for hydroxylation is 1. The van der Waals surface area contributed by atoms with Crippen LogP contribution in [0.5, 0.6) is 5.75 Å². The van der Waals surface area contributed by atoms with Gasteiger partial charge in [0.25, 0.3) is 0 Å². The number of aromatic nitrogens is 1. The lowest BCUT2D eigenvalue weighted by Gasteiger charge is -2.01. The standard InChI is InChI=1S/C10H8BrNO2S/c1-5-12-7(4-13-5)6-3-14-8-2-9(11)15-10(6)8/h2,4,6H,3H2,1H3. The minimum absolute atomic E-state index is 0.230. The van der Waals surface area contributed by atoms with E-state index in [4.69, 9.17) is 9.15 Å². The Bertz CT molecular complexity index is 505. The first-order valence-corrected chi connectivity index (χ1v) is 6.19. The van der Waals surface area contributed by atoms with Crippen LogP contribution in [0.15, 0.2) is 20.5 Å². The highest BCUT2D eigenvalue weighted by Crippen LogP contribution is 2.45. The van der Waals surface area contributed by atoms with E-state index in [2.05, 4.69) is 20.9 Å². The van der Waals surface area contributed by atoms with Gasteiger partial charge in [-0.2, -0.15) is 0 Å². The van der Waals surface area contributed by atoms with E-state index in [-0.39, 0.29) is 5.92 Å². The molecule has 1 unspecified atom stereocenters. The summed E-state index contributed by atoms with van der Waals surface area (Å²) in [6.45, 7) is 2.52. The van der Waals surface area contributed by atoms with Gasteiger partial charge in [0, 0.05) is 13.0 Å². The lowest BCUT2D eigenvalue weighted by Crippen LogP contribution is -2.02. The third-order valence-electron chi connectivity index (χ3n) is 2.41. The summed E-state index contributed by atoms with van der Waals surface area (Å²) in [7, 11) is 0. The van der Waals surface area contributed by atoms with Crippen LogP contribution in [0.2, 0.25) is 0 Å². The van der Waals surface area contributed by atoms with Crippen molar-refractivity contribution in [3.8, 4) is 5.75 Å². The van der Waals surface area contributed by atoms with Crippen LogP contribution in [-0.2, 0) is 0 Å². The summed E-state index contributed by atoms with van der Waals surface area (Å²) in [5, 5.41) is 0. The number of hydrogen-bond acceptors (Lipinski definition) is 4. The zero-order valence-corrected chi connectivity index (χ0v) is 10.4. The summed E-state index contributed by atoms with van der Waals surface area (Å²) in [5.41, 5.74) is 0.959. The molecule has 3 rings (SSSR count). The number of fused-ring (bicyclic) bond motifs is 1. The topological polar surface area (TPSA) is 35.3 Å². The zero-order valence-electron chi connectivity index (χ0n) is 7.99. The zero-order chi connectivity index (χ0) is 10.4. The number of hydrogen-bond donors (Lipinski definition) is 0. The molecule has 0 spiro atoms. The minimum Gasteiger partial charge on any atom is -0.491 e. The molecule has 0 N–H and O–H groups in total. The Hall–Kier alpha value is -0.810. The lowest BCUT2D eigenvalue weighted by atomic mass is 10.1. The highest BCUT2D eigenvalue weighted by molar-refractivity contribution is 9.11. The van der Waals surface area contributed by atoms with Crippen LogP contribution in [0.1, 0.15) is 22.4 Å². The average molecular weight is 286 g/mol. The SMILES string of the molecule is Cc1nc(C2COc3cc(Br)sc32)co1. The second-order valence-electron chi connectivity index (χ2n) is 3.43. The molecule has 15 heavy (non-hydrogen) atoms. The van der Waals surface area contributed by atoms with Gasteiger partial charge in [-0.25, -0.2) is 4.98 Å². The van der Waals surface area contributed by atoms with Crippen molar-refractivity contribution >= 4 is 27.3 Å². The summed E-state index contributed by atoms with van der Waals surface area (Å²) >= 11 is 5.16. The quantitative estimate of drug-likeness (QED) is 0.806. The van der Waals surface area contributed by atoms with Crippen molar-refractivity contribution in [3.63, 3.8) is 0 Å². The Kier molecular flexibility index (Phi) is 2.10. The largest absolute Gasteiger partial charge is 0.491 e. The number of halogens is 1. The molecule has 0 aromatic carbocycles. The monoisotopic (exact) mass is 285 g/mol. The maximum atomic E-state index is 5.59. The predicted molar refractivity (Wildman–Crippen MR) is 60.6 cm³/mol. The van der Waals surface area contributed by atoms with Crippen molar-refractivity contribution in [1.29, 1.82) is 0 Å². The van der Waals surface area contributed by atoms with Crippen LogP contribution in [0, 0.1) is 6.92 Å². The van der Waals surface area contributed by atoms with Crippen molar-refractivity contribution in [3.05, 3.63) is 32.6 Å². The van der Waals surface area contributed by atoms with Crippen LogP contribution < -0.4 is 4.74 Å². The molecule has 0 amide bonds. The summed E-state index contributed by atoms with van der Waals surface area (Å²) in [6, 6.07) is 2.01. The number of ether oxygens (including phenoxy) is 1. The Morgan fingerprint density at radius 2 is 2.47 bits per heavy atom. The van der Waals surface area contributed by atoms with Gasteiger partial charge in [-0.05, 0) is 15.9 Å². The summed E-state index contributed by atoms with van der Waals surface area (Å²) in [6.07, 6.45) is 1.71. The van der Waals surface area contributed by atoms with E-state index in [1.165, 1.54) is 4.88 Å². The molecule has 2 aromatic heterocycles. The van der Waals surface area contributed by atoms with E-state index in [1.54, 1.807) is 17.6 Å². The number of thiophene rings is 1. The highest BCUT2D eigenvalue weighted by atomic mass is 79.9. The molecule has 1 aliphatic heterocycles.